The van der Waals surface area contributed by atoms with Gasteiger partial charge in [0.15, 0.2) is 11.5 Å². The van der Waals surface area contributed by atoms with Gasteiger partial charge in [0.2, 0.25) is 0 Å². The van der Waals surface area contributed by atoms with Gasteiger partial charge in [0.25, 0.3) is 11.5 Å². The molecule has 0 saturated carbocycles. The van der Waals surface area contributed by atoms with Gasteiger partial charge in [0.05, 0.1) is 26.3 Å². The molecule has 1 aromatic heterocycles. The number of carbonyl (C=O) groups is 2. The molecule has 3 rings (SSSR count). The minimum absolute atomic E-state index is 0.0155. The van der Waals surface area contributed by atoms with Crippen molar-refractivity contribution in [3.8, 4) is 17.2 Å². The smallest absolute Gasteiger partial charge is 0.341 e. The minimum atomic E-state index is -0.695. The van der Waals surface area contributed by atoms with E-state index >= 15 is 0 Å². The molecule has 0 saturated heterocycles. The number of pyridine rings is 1. The Labute approximate surface area is 196 Å². The van der Waals surface area contributed by atoms with Gasteiger partial charge in [-0.25, -0.2) is 4.79 Å². The van der Waals surface area contributed by atoms with Crippen LogP contribution < -0.4 is 20.3 Å². The second-order valence-corrected chi connectivity index (χ2v) is 7.65. The molecule has 0 atom stereocenters. The largest absolute Gasteiger partial charge is 0.507 e. The van der Waals surface area contributed by atoms with Crippen LogP contribution in [0.25, 0.3) is 10.9 Å². The van der Waals surface area contributed by atoms with Crippen molar-refractivity contribution < 1.29 is 28.9 Å². The molecule has 0 bridgehead atoms. The Balaban J connectivity index is 1.83. The van der Waals surface area contributed by atoms with E-state index in [1.54, 1.807) is 18.2 Å². The van der Waals surface area contributed by atoms with Crippen molar-refractivity contribution in [2.45, 2.75) is 32.7 Å². The van der Waals surface area contributed by atoms with Gasteiger partial charge in [0.1, 0.15) is 16.9 Å². The van der Waals surface area contributed by atoms with Crippen LogP contribution in [0.15, 0.2) is 41.2 Å². The molecule has 1 heterocycles. The third-order valence-electron chi connectivity index (χ3n) is 5.31. The maximum Gasteiger partial charge on any atom is 0.341 e. The number of phenols is 1. The Bertz CT molecular complexity index is 1250. The number of amides is 1. The molecular weight excluding hydrogens is 440 g/mol. The van der Waals surface area contributed by atoms with Gasteiger partial charge in [-0.3, -0.25) is 9.59 Å². The first kappa shape index (κ1) is 24.6. The summed E-state index contributed by atoms with van der Waals surface area (Å²) in [5, 5.41) is 13.1. The van der Waals surface area contributed by atoms with Gasteiger partial charge in [-0.15, -0.1) is 0 Å². The molecule has 1 amide bonds. The summed E-state index contributed by atoms with van der Waals surface area (Å²) in [6.45, 7) is 2.62. The number of unbranched alkanes of at least 4 members (excludes halogenated alkanes) is 2. The van der Waals surface area contributed by atoms with E-state index in [0.717, 1.165) is 19.3 Å². The summed E-state index contributed by atoms with van der Waals surface area (Å²) in [6, 6.07) is 9.27. The Morgan fingerprint density at radius 2 is 1.85 bits per heavy atom. The molecule has 0 fully saturated rings. The van der Waals surface area contributed by atoms with E-state index in [9.17, 15) is 19.5 Å². The average molecular weight is 469 g/mol. The van der Waals surface area contributed by atoms with Crippen LogP contribution in [0.4, 0.5) is 0 Å². The first-order valence-electron chi connectivity index (χ1n) is 10.9. The molecule has 34 heavy (non-hydrogen) atoms. The number of nitrogens with one attached hydrogen (secondary N) is 2. The van der Waals surface area contributed by atoms with Crippen LogP contribution in [-0.2, 0) is 11.3 Å². The standard InChI is InChI=1S/C25H28N2O7/c1-4-5-6-11-34-22-20(32-2)10-8-16-13-18(24(30)27-21(16)22)23(29)26-14-15-7-9-19(28)17(12-15)25(31)33-3/h7-10,12-13,28H,4-6,11,14H2,1-3H3,(H,26,29)(H,27,30). The molecule has 2 aromatic carbocycles. The lowest BCUT2D eigenvalue weighted by atomic mass is 10.1. The van der Waals surface area contributed by atoms with Crippen molar-refractivity contribution in [1.82, 2.24) is 10.3 Å². The SMILES string of the molecule is CCCCCOc1c(OC)ccc2cc(C(=O)NCc3ccc(O)c(C(=O)OC)c3)c(=O)[nH]c12. The van der Waals surface area contributed by atoms with Crippen LogP contribution >= 0.6 is 0 Å². The topological polar surface area (TPSA) is 127 Å². The number of aromatic nitrogens is 1. The zero-order valence-corrected chi connectivity index (χ0v) is 19.4. The quantitative estimate of drug-likeness (QED) is 0.307. The maximum atomic E-state index is 12.7. The van der Waals surface area contributed by atoms with Gasteiger partial charge >= 0.3 is 5.97 Å². The van der Waals surface area contributed by atoms with E-state index in [-0.39, 0.29) is 23.4 Å². The number of esters is 1. The number of fused-ring (bicyclic) bond motifs is 1. The molecule has 0 aliphatic rings. The lowest BCUT2D eigenvalue weighted by molar-refractivity contribution is 0.0597. The third-order valence-corrected chi connectivity index (χ3v) is 5.31. The molecule has 9 nitrogen and oxygen atoms in total. The van der Waals surface area contributed by atoms with Gasteiger partial charge in [0, 0.05) is 11.9 Å². The number of ether oxygens (including phenoxy) is 3. The monoisotopic (exact) mass is 468 g/mol. The number of hydrogen-bond donors (Lipinski definition) is 3. The lowest BCUT2D eigenvalue weighted by Gasteiger charge is -2.14. The van der Waals surface area contributed by atoms with Gasteiger partial charge in [-0.2, -0.15) is 0 Å². The minimum Gasteiger partial charge on any atom is -0.507 e. The first-order valence-corrected chi connectivity index (χ1v) is 10.9. The molecule has 0 aliphatic carbocycles. The second-order valence-electron chi connectivity index (χ2n) is 7.65. The van der Waals surface area contributed by atoms with Crippen molar-refractivity contribution in [3.05, 3.63) is 63.4 Å². The summed E-state index contributed by atoms with van der Waals surface area (Å²) in [7, 11) is 2.73. The Kier molecular flexibility index (Phi) is 8.13. The molecule has 0 aliphatic heterocycles. The molecular formula is C25H28N2O7. The van der Waals surface area contributed by atoms with Crippen molar-refractivity contribution in [2.75, 3.05) is 20.8 Å². The summed E-state index contributed by atoms with van der Waals surface area (Å²) in [5.41, 5.74) is 0.354. The van der Waals surface area contributed by atoms with Gasteiger partial charge in [-0.1, -0.05) is 25.8 Å². The summed E-state index contributed by atoms with van der Waals surface area (Å²) < 4.78 is 15.9. The normalized spacial score (nSPS) is 10.7. The molecule has 3 N–H and O–H groups in total. The summed E-state index contributed by atoms with van der Waals surface area (Å²) in [4.78, 5) is 40.0. The Hall–Kier alpha value is -4.01. The molecule has 0 spiro atoms. The average Bonchev–Trinajstić information content (AvgIpc) is 2.85. The number of carbonyl (C=O) groups excluding carboxylic acids is 2. The predicted octanol–water partition coefficient (Wildman–Crippen LogP) is 3.53. The highest BCUT2D eigenvalue weighted by atomic mass is 16.5. The van der Waals surface area contributed by atoms with E-state index in [1.807, 2.05) is 0 Å². The van der Waals surface area contributed by atoms with Crippen LogP contribution in [0.5, 0.6) is 17.2 Å². The number of rotatable bonds is 10. The highest BCUT2D eigenvalue weighted by molar-refractivity contribution is 5.98. The van der Waals surface area contributed by atoms with E-state index in [4.69, 9.17) is 9.47 Å². The van der Waals surface area contributed by atoms with Crippen LogP contribution in [0.1, 0.15) is 52.5 Å². The van der Waals surface area contributed by atoms with Crippen LogP contribution in [0.2, 0.25) is 0 Å². The number of aromatic amines is 1. The first-order chi connectivity index (χ1) is 16.4. The predicted molar refractivity (Wildman–Crippen MR) is 127 cm³/mol. The number of benzene rings is 2. The van der Waals surface area contributed by atoms with Crippen LogP contribution in [-0.4, -0.2) is 42.8 Å². The lowest BCUT2D eigenvalue weighted by Crippen LogP contribution is -2.29. The van der Waals surface area contributed by atoms with E-state index < -0.39 is 17.4 Å². The summed E-state index contributed by atoms with van der Waals surface area (Å²) >= 11 is 0. The summed E-state index contributed by atoms with van der Waals surface area (Å²) in [5.74, 6) is -0.585. The molecule has 0 radical (unpaired) electrons. The summed E-state index contributed by atoms with van der Waals surface area (Å²) in [6.07, 6.45) is 2.95. The molecule has 9 heteroatoms. The number of H-pyrrole nitrogens is 1. The fraction of sp³-hybridized carbons (Fsp3) is 0.320. The number of phenolic OH excluding ortho intramolecular Hbond substituents is 1. The fourth-order valence-electron chi connectivity index (χ4n) is 3.47. The second kappa shape index (κ2) is 11.2. The number of hydrogen-bond acceptors (Lipinski definition) is 7. The zero-order chi connectivity index (χ0) is 24.7. The van der Waals surface area contributed by atoms with Crippen LogP contribution in [0, 0.1) is 0 Å². The van der Waals surface area contributed by atoms with E-state index in [1.165, 1.54) is 32.4 Å². The highest BCUT2D eigenvalue weighted by Crippen LogP contribution is 2.34. The number of aromatic hydroxyl groups is 1. The zero-order valence-electron chi connectivity index (χ0n) is 19.4. The van der Waals surface area contributed by atoms with Crippen molar-refractivity contribution in [1.29, 1.82) is 0 Å². The Morgan fingerprint density at radius 1 is 1.06 bits per heavy atom. The molecule has 3 aromatic rings. The fourth-order valence-corrected chi connectivity index (χ4v) is 3.47. The molecule has 0 unspecified atom stereocenters. The van der Waals surface area contributed by atoms with Crippen LogP contribution in [0.3, 0.4) is 0 Å². The van der Waals surface area contributed by atoms with Crippen molar-refractivity contribution in [2.24, 2.45) is 0 Å². The third kappa shape index (κ3) is 5.48. The van der Waals surface area contributed by atoms with Gasteiger partial charge < -0.3 is 29.6 Å². The van der Waals surface area contributed by atoms with Gasteiger partial charge in [-0.05, 0) is 42.3 Å². The molecule has 180 valence electrons. The van der Waals surface area contributed by atoms with Crippen molar-refractivity contribution in [3.63, 3.8) is 0 Å². The number of methoxy groups -OCH3 is 2. The maximum absolute atomic E-state index is 12.7. The highest BCUT2D eigenvalue weighted by Gasteiger charge is 2.17. The Morgan fingerprint density at radius 3 is 2.56 bits per heavy atom. The van der Waals surface area contributed by atoms with E-state index in [2.05, 4.69) is 22.0 Å². The van der Waals surface area contributed by atoms with E-state index in [0.29, 0.717) is 34.6 Å². The van der Waals surface area contributed by atoms with Crippen molar-refractivity contribution >= 4 is 22.8 Å².